The van der Waals surface area contributed by atoms with Gasteiger partial charge in [0, 0.05) is 25.4 Å². The highest BCUT2D eigenvalue weighted by Gasteiger charge is 2.35. The molecule has 3 nitrogen and oxygen atoms in total. The number of alkyl halides is 3. The lowest BCUT2D eigenvalue weighted by Crippen LogP contribution is -2.29. The Labute approximate surface area is 115 Å². The number of anilines is 1. The molecule has 1 aromatic rings. The van der Waals surface area contributed by atoms with Gasteiger partial charge in [-0.3, -0.25) is 0 Å². The molecule has 1 aliphatic rings. The van der Waals surface area contributed by atoms with Gasteiger partial charge in [0.25, 0.3) is 0 Å². The van der Waals surface area contributed by atoms with Crippen molar-refractivity contribution in [2.45, 2.75) is 25.1 Å². The number of nitrogens with zero attached hydrogens (tertiary/aromatic N) is 2. The van der Waals surface area contributed by atoms with Crippen LogP contribution in [-0.2, 0) is 10.9 Å². The van der Waals surface area contributed by atoms with Crippen LogP contribution in [0.2, 0.25) is 0 Å². The van der Waals surface area contributed by atoms with E-state index in [2.05, 4.69) is 0 Å². The van der Waals surface area contributed by atoms with Gasteiger partial charge in [-0.2, -0.15) is 18.4 Å². The standard InChI is InChI=1S/C14H15F3N2O/c1-20-7-6-19(11-2-3-11)12-4-5-13(14(15,16)17)10(8-12)9-18/h4-5,8,11H,2-3,6-7H2,1H3. The Morgan fingerprint density at radius 2 is 2.10 bits per heavy atom. The van der Waals surface area contributed by atoms with Crippen molar-refractivity contribution in [3.63, 3.8) is 0 Å². The van der Waals surface area contributed by atoms with Crippen molar-refractivity contribution in [3.05, 3.63) is 29.3 Å². The zero-order chi connectivity index (χ0) is 14.8. The van der Waals surface area contributed by atoms with Gasteiger partial charge in [-0.15, -0.1) is 0 Å². The largest absolute Gasteiger partial charge is 0.417 e. The lowest BCUT2D eigenvalue weighted by atomic mass is 10.1. The lowest BCUT2D eigenvalue weighted by molar-refractivity contribution is -0.137. The molecule has 0 radical (unpaired) electrons. The highest BCUT2D eigenvalue weighted by atomic mass is 19.4. The molecule has 6 heteroatoms. The minimum atomic E-state index is -4.50. The molecular formula is C14H15F3N2O. The SMILES string of the molecule is COCCN(c1ccc(C(F)(F)F)c(C#N)c1)C1CC1. The summed E-state index contributed by atoms with van der Waals surface area (Å²) in [7, 11) is 1.58. The van der Waals surface area contributed by atoms with E-state index in [0.717, 1.165) is 18.9 Å². The second-order valence-corrected chi connectivity index (χ2v) is 4.76. The van der Waals surface area contributed by atoms with Crippen LogP contribution in [0.1, 0.15) is 24.0 Å². The second-order valence-electron chi connectivity index (χ2n) is 4.76. The average Bonchev–Trinajstić information content (AvgIpc) is 3.22. The monoisotopic (exact) mass is 284 g/mol. The molecule has 1 fully saturated rings. The van der Waals surface area contributed by atoms with Crippen molar-refractivity contribution < 1.29 is 17.9 Å². The molecule has 0 aromatic heterocycles. The first-order chi connectivity index (χ1) is 9.47. The molecule has 0 atom stereocenters. The Hall–Kier alpha value is -1.74. The van der Waals surface area contributed by atoms with E-state index >= 15 is 0 Å². The Bertz CT molecular complexity index is 518. The van der Waals surface area contributed by atoms with Crippen LogP contribution in [0.3, 0.4) is 0 Å². The second kappa shape index (κ2) is 5.71. The molecule has 0 N–H and O–H groups in total. The van der Waals surface area contributed by atoms with E-state index < -0.39 is 11.7 Å². The molecule has 0 bridgehead atoms. The smallest absolute Gasteiger partial charge is 0.383 e. The van der Waals surface area contributed by atoms with Gasteiger partial charge in [0.1, 0.15) is 0 Å². The molecule has 0 heterocycles. The molecule has 0 spiro atoms. The van der Waals surface area contributed by atoms with Crippen LogP contribution in [0.15, 0.2) is 18.2 Å². The highest BCUT2D eigenvalue weighted by molar-refractivity contribution is 5.56. The summed E-state index contributed by atoms with van der Waals surface area (Å²) >= 11 is 0. The molecular weight excluding hydrogens is 269 g/mol. The first kappa shape index (κ1) is 14.7. The van der Waals surface area contributed by atoms with Crippen LogP contribution >= 0.6 is 0 Å². The average molecular weight is 284 g/mol. The van der Waals surface area contributed by atoms with Gasteiger partial charge in [0.05, 0.1) is 23.8 Å². The fraction of sp³-hybridized carbons (Fsp3) is 0.500. The van der Waals surface area contributed by atoms with Gasteiger partial charge in [-0.1, -0.05) is 0 Å². The maximum Gasteiger partial charge on any atom is 0.417 e. The zero-order valence-electron chi connectivity index (χ0n) is 11.1. The van der Waals surface area contributed by atoms with Crippen molar-refractivity contribution in [2.24, 2.45) is 0 Å². The van der Waals surface area contributed by atoms with Crippen molar-refractivity contribution in [1.29, 1.82) is 5.26 Å². The summed E-state index contributed by atoms with van der Waals surface area (Å²) in [5, 5.41) is 8.93. The first-order valence-corrected chi connectivity index (χ1v) is 6.34. The van der Waals surface area contributed by atoms with Crippen LogP contribution in [-0.4, -0.2) is 26.3 Å². The predicted octanol–water partition coefficient (Wildman–Crippen LogP) is 3.19. The van der Waals surface area contributed by atoms with Crippen molar-refractivity contribution in [1.82, 2.24) is 0 Å². The third kappa shape index (κ3) is 3.23. The van der Waals surface area contributed by atoms with E-state index in [-0.39, 0.29) is 5.56 Å². The maximum absolute atomic E-state index is 12.8. The lowest BCUT2D eigenvalue weighted by Gasteiger charge is -2.25. The number of rotatable bonds is 5. The summed E-state index contributed by atoms with van der Waals surface area (Å²) in [5.41, 5.74) is -0.571. The summed E-state index contributed by atoms with van der Waals surface area (Å²) in [4.78, 5) is 2.00. The summed E-state index contributed by atoms with van der Waals surface area (Å²) in [5.74, 6) is 0. The minimum Gasteiger partial charge on any atom is -0.383 e. The van der Waals surface area contributed by atoms with Crippen molar-refractivity contribution in [3.8, 4) is 6.07 Å². The van der Waals surface area contributed by atoms with E-state index in [9.17, 15) is 13.2 Å². The summed E-state index contributed by atoms with van der Waals surface area (Å²) in [6, 6.07) is 5.70. The molecule has 0 aliphatic heterocycles. The van der Waals surface area contributed by atoms with E-state index in [1.54, 1.807) is 13.2 Å². The third-order valence-electron chi connectivity index (χ3n) is 3.28. The number of hydrogen-bond acceptors (Lipinski definition) is 3. The molecule has 2 rings (SSSR count). The van der Waals surface area contributed by atoms with Gasteiger partial charge in [-0.25, -0.2) is 0 Å². The van der Waals surface area contributed by atoms with Crippen LogP contribution in [0.5, 0.6) is 0 Å². The van der Waals surface area contributed by atoms with Crippen molar-refractivity contribution in [2.75, 3.05) is 25.2 Å². The topological polar surface area (TPSA) is 36.3 Å². The summed E-state index contributed by atoms with van der Waals surface area (Å²) in [6.07, 6.45) is -2.46. The molecule has 1 aromatic carbocycles. The Kier molecular flexibility index (Phi) is 4.19. The Balaban J connectivity index is 2.30. The van der Waals surface area contributed by atoms with E-state index in [0.29, 0.717) is 24.9 Å². The van der Waals surface area contributed by atoms with Crippen LogP contribution in [0.4, 0.5) is 18.9 Å². The number of benzene rings is 1. The normalized spacial score (nSPS) is 14.9. The van der Waals surface area contributed by atoms with E-state index in [1.807, 2.05) is 4.90 Å². The highest BCUT2D eigenvalue weighted by Crippen LogP contribution is 2.36. The van der Waals surface area contributed by atoms with Gasteiger partial charge in [0.2, 0.25) is 0 Å². The van der Waals surface area contributed by atoms with Gasteiger partial charge in [0.15, 0.2) is 0 Å². The molecule has 1 saturated carbocycles. The summed E-state index contributed by atoms with van der Waals surface area (Å²) in [6.45, 7) is 1.11. The van der Waals surface area contributed by atoms with Gasteiger partial charge >= 0.3 is 6.18 Å². The maximum atomic E-state index is 12.8. The quantitative estimate of drug-likeness (QED) is 0.833. The number of halogens is 3. The fourth-order valence-corrected chi connectivity index (χ4v) is 2.15. The zero-order valence-corrected chi connectivity index (χ0v) is 11.1. The number of methoxy groups -OCH3 is 1. The number of nitriles is 1. The minimum absolute atomic E-state index is 0.335. The molecule has 0 unspecified atom stereocenters. The fourth-order valence-electron chi connectivity index (χ4n) is 2.15. The number of ether oxygens (including phenoxy) is 1. The first-order valence-electron chi connectivity index (χ1n) is 6.34. The Morgan fingerprint density at radius 3 is 2.60 bits per heavy atom. The predicted molar refractivity (Wildman–Crippen MR) is 68.4 cm³/mol. The van der Waals surface area contributed by atoms with E-state index in [1.165, 1.54) is 12.1 Å². The third-order valence-corrected chi connectivity index (χ3v) is 3.28. The molecule has 0 saturated heterocycles. The van der Waals surface area contributed by atoms with Crippen LogP contribution in [0, 0.1) is 11.3 Å². The van der Waals surface area contributed by atoms with Gasteiger partial charge in [-0.05, 0) is 31.0 Å². The van der Waals surface area contributed by atoms with Crippen LogP contribution in [0.25, 0.3) is 0 Å². The molecule has 1 aliphatic carbocycles. The number of hydrogen-bond donors (Lipinski definition) is 0. The molecule has 20 heavy (non-hydrogen) atoms. The summed E-state index contributed by atoms with van der Waals surface area (Å²) < 4.78 is 43.3. The van der Waals surface area contributed by atoms with E-state index in [4.69, 9.17) is 10.00 Å². The Morgan fingerprint density at radius 1 is 1.40 bits per heavy atom. The van der Waals surface area contributed by atoms with Crippen LogP contribution < -0.4 is 4.90 Å². The van der Waals surface area contributed by atoms with Gasteiger partial charge < -0.3 is 9.64 Å². The molecule has 108 valence electrons. The van der Waals surface area contributed by atoms with Crippen molar-refractivity contribution >= 4 is 5.69 Å². The molecule has 0 amide bonds.